The Kier molecular flexibility index (Phi) is 2.90. The lowest BCUT2D eigenvalue weighted by atomic mass is 9.89. The van der Waals surface area contributed by atoms with Gasteiger partial charge < -0.3 is 4.74 Å². The van der Waals surface area contributed by atoms with Crippen molar-refractivity contribution in [2.45, 2.75) is 32.6 Å². The smallest absolute Gasteiger partial charge is 0.312 e. The van der Waals surface area contributed by atoms with Gasteiger partial charge in [-0.15, -0.1) is 0 Å². The summed E-state index contributed by atoms with van der Waals surface area (Å²) >= 11 is 0. The zero-order chi connectivity index (χ0) is 9.03. The Morgan fingerprint density at radius 3 is 2.67 bits per heavy atom. The Morgan fingerprint density at radius 1 is 1.58 bits per heavy atom. The lowest BCUT2D eigenvalue weighted by Crippen LogP contribution is -2.26. The van der Waals surface area contributed by atoms with Crippen molar-refractivity contribution in [1.29, 1.82) is 0 Å². The third kappa shape index (κ3) is 1.87. The van der Waals surface area contributed by atoms with E-state index in [1.165, 1.54) is 0 Å². The van der Waals surface area contributed by atoms with E-state index in [0.717, 1.165) is 25.7 Å². The summed E-state index contributed by atoms with van der Waals surface area (Å²) in [5.74, 6) is -0.0556. The van der Waals surface area contributed by atoms with Gasteiger partial charge in [0.05, 0.1) is 5.41 Å². The molecule has 2 nitrogen and oxygen atoms in total. The van der Waals surface area contributed by atoms with Crippen molar-refractivity contribution in [2.75, 3.05) is 6.61 Å². The van der Waals surface area contributed by atoms with Gasteiger partial charge in [-0.25, -0.2) is 0 Å². The lowest BCUT2D eigenvalue weighted by Gasteiger charge is -2.20. The molecule has 0 amide bonds. The number of hydrogen-bond donors (Lipinski definition) is 0. The van der Waals surface area contributed by atoms with Crippen LogP contribution in [-0.4, -0.2) is 12.6 Å². The molecule has 0 aliphatic heterocycles. The topological polar surface area (TPSA) is 26.3 Å². The van der Waals surface area contributed by atoms with Gasteiger partial charge in [-0.05, 0) is 19.8 Å². The molecule has 0 aromatic carbocycles. The molecule has 2 heteroatoms. The number of hydrogen-bond acceptors (Lipinski definition) is 2. The largest absolute Gasteiger partial charge is 0.461 e. The third-order valence-corrected chi connectivity index (χ3v) is 2.53. The molecule has 0 heterocycles. The van der Waals surface area contributed by atoms with E-state index in [0.29, 0.717) is 6.61 Å². The molecule has 0 N–H and O–H groups in total. The summed E-state index contributed by atoms with van der Waals surface area (Å²) in [5.41, 5.74) is -0.205. The highest BCUT2D eigenvalue weighted by Crippen LogP contribution is 2.38. The second kappa shape index (κ2) is 3.74. The monoisotopic (exact) mass is 168 g/mol. The summed E-state index contributed by atoms with van der Waals surface area (Å²) in [6.45, 7) is 5.84. The molecule has 12 heavy (non-hydrogen) atoms. The Bertz CT molecular complexity index is 178. The quantitative estimate of drug-likeness (QED) is 0.477. The predicted molar refractivity (Wildman–Crippen MR) is 47.7 cm³/mol. The molecule has 0 spiro atoms. The maximum atomic E-state index is 11.5. The average molecular weight is 168 g/mol. The van der Waals surface area contributed by atoms with Crippen LogP contribution in [0.3, 0.4) is 0 Å². The standard InChI is InChI=1S/C10H16O2/c1-3-8-12-9(11)10(2)6-4-5-7-10/h3H,1,4-8H2,2H3. The van der Waals surface area contributed by atoms with Crippen LogP contribution in [0.4, 0.5) is 0 Å². The number of carbonyl (C=O) groups excluding carboxylic acids is 1. The summed E-state index contributed by atoms with van der Waals surface area (Å²) in [4.78, 5) is 11.5. The summed E-state index contributed by atoms with van der Waals surface area (Å²) in [6, 6.07) is 0. The second-order valence-corrected chi connectivity index (χ2v) is 3.65. The molecular formula is C10H16O2. The molecule has 0 aromatic heterocycles. The third-order valence-electron chi connectivity index (χ3n) is 2.53. The van der Waals surface area contributed by atoms with Crippen LogP contribution in [0.2, 0.25) is 0 Å². The maximum Gasteiger partial charge on any atom is 0.312 e. The molecule has 0 unspecified atom stereocenters. The van der Waals surface area contributed by atoms with Gasteiger partial charge in [0.1, 0.15) is 6.61 Å². The zero-order valence-electron chi connectivity index (χ0n) is 7.64. The van der Waals surface area contributed by atoms with Crippen molar-refractivity contribution < 1.29 is 9.53 Å². The van der Waals surface area contributed by atoms with Crippen molar-refractivity contribution in [3.05, 3.63) is 12.7 Å². The minimum Gasteiger partial charge on any atom is -0.461 e. The van der Waals surface area contributed by atoms with Crippen LogP contribution in [-0.2, 0) is 9.53 Å². The summed E-state index contributed by atoms with van der Waals surface area (Å²) in [5, 5.41) is 0. The van der Waals surface area contributed by atoms with E-state index in [-0.39, 0.29) is 11.4 Å². The van der Waals surface area contributed by atoms with E-state index < -0.39 is 0 Å². The van der Waals surface area contributed by atoms with Crippen LogP contribution in [0.1, 0.15) is 32.6 Å². The van der Waals surface area contributed by atoms with Gasteiger partial charge in [0, 0.05) is 0 Å². The summed E-state index contributed by atoms with van der Waals surface area (Å²) in [6.07, 6.45) is 5.86. The minimum atomic E-state index is -0.205. The van der Waals surface area contributed by atoms with E-state index in [4.69, 9.17) is 4.74 Å². The van der Waals surface area contributed by atoms with Crippen molar-refractivity contribution in [3.8, 4) is 0 Å². The van der Waals surface area contributed by atoms with Crippen LogP contribution in [0.5, 0.6) is 0 Å². The van der Waals surface area contributed by atoms with Crippen LogP contribution in [0, 0.1) is 5.41 Å². The molecule has 0 bridgehead atoms. The average Bonchev–Trinajstić information content (AvgIpc) is 2.49. The Balaban J connectivity index is 2.44. The van der Waals surface area contributed by atoms with Gasteiger partial charge in [-0.3, -0.25) is 4.79 Å². The van der Waals surface area contributed by atoms with Crippen molar-refractivity contribution >= 4 is 5.97 Å². The van der Waals surface area contributed by atoms with Crippen LogP contribution in [0.25, 0.3) is 0 Å². The first-order valence-corrected chi connectivity index (χ1v) is 4.47. The highest BCUT2D eigenvalue weighted by Gasteiger charge is 2.37. The van der Waals surface area contributed by atoms with Crippen molar-refractivity contribution in [2.24, 2.45) is 5.41 Å². The van der Waals surface area contributed by atoms with Gasteiger partial charge in [0.15, 0.2) is 0 Å². The Morgan fingerprint density at radius 2 is 2.17 bits per heavy atom. The molecule has 1 saturated carbocycles. The molecule has 0 atom stereocenters. The fourth-order valence-corrected chi connectivity index (χ4v) is 1.67. The van der Waals surface area contributed by atoms with Gasteiger partial charge in [-0.1, -0.05) is 25.5 Å². The van der Waals surface area contributed by atoms with Gasteiger partial charge >= 0.3 is 5.97 Å². The van der Waals surface area contributed by atoms with Crippen LogP contribution < -0.4 is 0 Å². The van der Waals surface area contributed by atoms with Crippen molar-refractivity contribution in [3.63, 3.8) is 0 Å². The van der Waals surface area contributed by atoms with Crippen molar-refractivity contribution in [1.82, 2.24) is 0 Å². The first-order chi connectivity index (χ1) is 5.69. The van der Waals surface area contributed by atoms with E-state index in [1.807, 2.05) is 6.92 Å². The molecule has 0 radical (unpaired) electrons. The first kappa shape index (κ1) is 9.30. The minimum absolute atomic E-state index is 0.0556. The van der Waals surface area contributed by atoms with Gasteiger partial charge in [-0.2, -0.15) is 0 Å². The summed E-state index contributed by atoms with van der Waals surface area (Å²) in [7, 11) is 0. The van der Waals surface area contributed by atoms with Crippen LogP contribution >= 0.6 is 0 Å². The molecule has 1 aliphatic rings. The van der Waals surface area contributed by atoms with E-state index in [9.17, 15) is 4.79 Å². The Labute approximate surface area is 73.6 Å². The van der Waals surface area contributed by atoms with E-state index in [2.05, 4.69) is 6.58 Å². The molecule has 0 aromatic rings. The fraction of sp³-hybridized carbons (Fsp3) is 0.700. The van der Waals surface area contributed by atoms with E-state index in [1.54, 1.807) is 6.08 Å². The number of esters is 1. The maximum absolute atomic E-state index is 11.5. The number of carbonyl (C=O) groups is 1. The predicted octanol–water partition coefficient (Wildman–Crippen LogP) is 2.30. The first-order valence-electron chi connectivity index (χ1n) is 4.47. The zero-order valence-corrected chi connectivity index (χ0v) is 7.64. The van der Waals surface area contributed by atoms with E-state index >= 15 is 0 Å². The highest BCUT2D eigenvalue weighted by molar-refractivity contribution is 5.76. The molecule has 1 fully saturated rings. The molecular weight excluding hydrogens is 152 g/mol. The number of ether oxygens (including phenoxy) is 1. The van der Waals surface area contributed by atoms with Crippen LogP contribution in [0.15, 0.2) is 12.7 Å². The Hall–Kier alpha value is -0.790. The molecule has 1 rings (SSSR count). The molecule has 0 saturated heterocycles. The van der Waals surface area contributed by atoms with Gasteiger partial charge in [0.2, 0.25) is 0 Å². The molecule has 68 valence electrons. The van der Waals surface area contributed by atoms with Gasteiger partial charge in [0.25, 0.3) is 0 Å². The molecule has 1 aliphatic carbocycles. The second-order valence-electron chi connectivity index (χ2n) is 3.65. The summed E-state index contributed by atoms with van der Waals surface area (Å²) < 4.78 is 5.02. The highest BCUT2D eigenvalue weighted by atomic mass is 16.5. The SMILES string of the molecule is C=CCOC(=O)C1(C)CCCC1. The fourth-order valence-electron chi connectivity index (χ4n) is 1.67. The number of rotatable bonds is 3. The normalized spacial score (nSPS) is 20.4. The lowest BCUT2D eigenvalue weighted by molar-refractivity contribution is -0.153.